The lowest BCUT2D eigenvalue weighted by Crippen LogP contribution is -2.04. The van der Waals surface area contributed by atoms with Gasteiger partial charge in [0.05, 0.1) is 16.7 Å². The second kappa shape index (κ2) is 4.55. The van der Waals surface area contributed by atoms with Crippen molar-refractivity contribution in [3.05, 3.63) is 33.7 Å². The Hall–Kier alpha value is -1.26. The molecule has 90 valence electrons. The highest BCUT2D eigenvalue weighted by atomic mass is 35.5. The molecule has 0 fully saturated rings. The summed E-state index contributed by atoms with van der Waals surface area (Å²) in [5, 5.41) is 0.190. The van der Waals surface area contributed by atoms with E-state index in [1.807, 2.05) is 0 Å². The molecule has 0 radical (unpaired) electrons. The van der Waals surface area contributed by atoms with Crippen molar-refractivity contribution in [2.45, 2.75) is 6.92 Å². The van der Waals surface area contributed by atoms with Gasteiger partial charge in [0.25, 0.3) is 0 Å². The number of fused-ring (bicyclic) bond motifs is 1. The first-order valence-electron chi connectivity index (χ1n) is 4.88. The number of ether oxygens (including phenoxy) is 1. The molecule has 0 bridgehead atoms. The van der Waals surface area contributed by atoms with E-state index >= 15 is 0 Å². The van der Waals surface area contributed by atoms with Crippen molar-refractivity contribution in [3.63, 3.8) is 0 Å². The van der Waals surface area contributed by atoms with Crippen LogP contribution in [-0.2, 0) is 4.74 Å². The second-order valence-corrected chi connectivity index (χ2v) is 4.14. The van der Waals surface area contributed by atoms with Crippen molar-refractivity contribution >= 4 is 40.1 Å². The van der Waals surface area contributed by atoms with E-state index in [-0.39, 0.29) is 22.3 Å². The molecule has 1 aromatic heterocycles. The molecule has 17 heavy (non-hydrogen) atoms. The average Bonchev–Trinajstić information content (AvgIpc) is 2.70. The molecule has 0 saturated heterocycles. The number of carbonyl (C=O) groups is 1. The van der Waals surface area contributed by atoms with E-state index in [0.717, 1.165) is 0 Å². The van der Waals surface area contributed by atoms with E-state index in [1.54, 1.807) is 6.92 Å². The Bertz CT molecular complexity index is 595. The van der Waals surface area contributed by atoms with Gasteiger partial charge in [-0.3, -0.25) is 0 Å². The van der Waals surface area contributed by atoms with E-state index in [0.29, 0.717) is 10.9 Å². The van der Waals surface area contributed by atoms with Gasteiger partial charge in [-0.05, 0) is 19.1 Å². The highest BCUT2D eigenvalue weighted by Crippen LogP contribution is 2.32. The van der Waals surface area contributed by atoms with Crippen LogP contribution in [0, 0.1) is 5.82 Å². The van der Waals surface area contributed by atoms with Crippen molar-refractivity contribution < 1.29 is 13.9 Å². The summed E-state index contributed by atoms with van der Waals surface area (Å²) in [7, 11) is 0. The van der Waals surface area contributed by atoms with Crippen LogP contribution in [0.2, 0.25) is 10.0 Å². The summed E-state index contributed by atoms with van der Waals surface area (Å²) in [4.78, 5) is 14.3. The Morgan fingerprint density at radius 2 is 2.18 bits per heavy atom. The summed E-state index contributed by atoms with van der Waals surface area (Å²) in [5.41, 5.74) is 0.704. The molecular formula is C11H8Cl2FNO2. The molecule has 1 N–H and O–H groups in total. The Morgan fingerprint density at radius 1 is 1.47 bits per heavy atom. The number of aromatic amines is 1. The molecule has 0 aliphatic heterocycles. The zero-order chi connectivity index (χ0) is 12.6. The van der Waals surface area contributed by atoms with Crippen LogP contribution < -0.4 is 0 Å². The van der Waals surface area contributed by atoms with Gasteiger partial charge in [0.1, 0.15) is 5.69 Å². The fourth-order valence-electron chi connectivity index (χ4n) is 1.50. The van der Waals surface area contributed by atoms with Gasteiger partial charge in [0, 0.05) is 10.9 Å². The highest BCUT2D eigenvalue weighted by molar-refractivity contribution is 6.39. The molecule has 1 aromatic carbocycles. The molecule has 2 aromatic rings. The molecule has 1 heterocycles. The molecule has 0 spiro atoms. The van der Waals surface area contributed by atoms with Crippen LogP contribution >= 0.6 is 23.2 Å². The summed E-state index contributed by atoms with van der Waals surface area (Å²) in [6.45, 7) is 1.96. The molecule has 0 aliphatic carbocycles. The van der Waals surface area contributed by atoms with Gasteiger partial charge in [0.2, 0.25) is 0 Å². The first-order valence-corrected chi connectivity index (χ1v) is 5.63. The van der Waals surface area contributed by atoms with Crippen molar-refractivity contribution in [2.24, 2.45) is 0 Å². The number of hydrogen-bond acceptors (Lipinski definition) is 2. The summed E-state index contributed by atoms with van der Waals surface area (Å²) in [5.74, 6) is -1.22. The van der Waals surface area contributed by atoms with Crippen molar-refractivity contribution in [3.8, 4) is 0 Å². The highest BCUT2D eigenvalue weighted by Gasteiger charge is 2.16. The van der Waals surface area contributed by atoms with E-state index in [1.165, 1.54) is 12.1 Å². The van der Waals surface area contributed by atoms with Gasteiger partial charge >= 0.3 is 5.97 Å². The minimum Gasteiger partial charge on any atom is -0.461 e. The lowest BCUT2D eigenvalue weighted by Gasteiger charge is -1.98. The van der Waals surface area contributed by atoms with E-state index in [2.05, 4.69) is 4.98 Å². The largest absolute Gasteiger partial charge is 0.461 e. The van der Waals surface area contributed by atoms with Crippen molar-refractivity contribution in [1.29, 1.82) is 0 Å². The van der Waals surface area contributed by atoms with Gasteiger partial charge in [0.15, 0.2) is 5.82 Å². The molecule has 0 atom stereocenters. The number of nitrogens with one attached hydrogen (secondary N) is 1. The summed E-state index contributed by atoms with van der Waals surface area (Å²) in [6, 6.07) is 2.82. The number of carbonyl (C=O) groups excluding carboxylic acids is 1. The Kier molecular flexibility index (Phi) is 3.26. The smallest absolute Gasteiger partial charge is 0.354 e. The van der Waals surface area contributed by atoms with E-state index in [9.17, 15) is 9.18 Å². The topological polar surface area (TPSA) is 42.1 Å². The van der Waals surface area contributed by atoms with Gasteiger partial charge < -0.3 is 9.72 Å². The monoisotopic (exact) mass is 275 g/mol. The second-order valence-electron chi connectivity index (χ2n) is 3.35. The third-order valence-electron chi connectivity index (χ3n) is 2.25. The van der Waals surface area contributed by atoms with Crippen LogP contribution in [0.4, 0.5) is 4.39 Å². The third kappa shape index (κ3) is 2.10. The van der Waals surface area contributed by atoms with E-state index < -0.39 is 11.8 Å². The zero-order valence-electron chi connectivity index (χ0n) is 8.81. The van der Waals surface area contributed by atoms with Crippen LogP contribution in [0.3, 0.4) is 0 Å². The minimum atomic E-state index is -0.699. The lowest BCUT2D eigenvalue weighted by molar-refractivity contribution is 0.0520. The third-order valence-corrected chi connectivity index (χ3v) is 2.90. The molecule has 2 rings (SSSR count). The van der Waals surface area contributed by atoms with Crippen LogP contribution in [0.1, 0.15) is 17.4 Å². The SMILES string of the molecule is CCOC(=O)c1cc2c(Cl)c(F)c(Cl)cc2[nH]1. The standard InChI is InChI=1S/C11H8Cl2FNO2/c1-2-17-11(16)8-3-5-7(15-8)4-6(12)10(14)9(5)13/h3-4,15H,2H2,1H3. The number of hydrogen-bond donors (Lipinski definition) is 1. The van der Waals surface area contributed by atoms with Gasteiger partial charge in [-0.25, -0.2) is 9.18 Å². The average molecular weight is 276 g/mol. The maximum absolute atomic E-state index is 13.4. The number of esters is 1. The predicted molar refractivity (Wildman–Crippen MR) is 64.2 cm³/mol. The molecule has 0 saturated carbocycles. The summed E-state index contributed by atoms with van der Waals surface area (Å²) in [6.07, 6.45) is 0. The van der Waals surface area contributed by atoms with Gasteiger partial charge in [-0.1, -0.05) is 23.2 Å². The number of H-pyrrole nitrogens is 1. The van der Waals surface area contributed by atoms with Crippen LogP contribution in [-0.4, -0.2) is 17.6 Å². The molecular weight excluding hydrogens is 268 g/mol. The zero-order valence-corrected chi connectivity index (χ0v) is 10.3. The predicted octanol–water partition coefficient (Wildman–Crippen LogP) is 3.79. The normalized spacial score (nSPS) is 10.8. The Labute approximate surface area is 106 Å². The van der Waals surface area contributed by atoms with Crippen molar-refractivity contribution in [1.82, 2.24) is 4.98 Å². The lowest BCUT2D eigenvalue weighted by atomic mass is 10.2. The van der Waals surface area contributed by atoms with Crippen LogP contribution in [0.25, 0.3) is 10.9 Å². The van der Waals surface area contributed by atoms with Crippen molar-refractivity contribution in [2.75, 3.05) is 6.61 Å². The fraction of sp³-hybridized carbons (Fsp3) is 0.182. The van der Waals surface area contributed by atoms with E-state index in [4.69, 9.17) is 27.9 Å². The maximum Gasteiger partial charge on any atom is 0.354 e. The molecule has 3 nitrogen and oxygen atoms in total. The Morgan fingerprint density at radius 3 is 2.82 bits per heavy atom. The van der Waals surface area contributed by atoms with Gasteiger partial charge in [-0.2, -0.15) is 0 Å². The van der Waals surface area contributed by atoms with Crippen LogP contribution in [0.5, 0.6) is 0 Å². The number of benzene rings is 1. The maximum atomic E-state index is 13.4. The first kappa shape index (κ1) is 12.2. The quantitative estimate of drug-likeness (QED) is 0.669. The Balaban J connectivity index is 2.58. The fourth-order valence-corrected chi connectivity index (χ4v) is 2.01. The number of halogens is 3. The summed E-state index contributed by atoms with van der Waals surface area (Å²) >= 11 is 11.4. The number of aromatic nitrogens is 1. The molecule has 0 aliphatic rings. The van der Waals surface area contributed by atoms with Crippen LogP contribution in [0.15, 0.2) is 12.1 Å². The molecule has 6 heteroatoms. The minimum absolute atomic E-state index is 0.0974. The summed E-state index contributed by atoms with van der Waals surface area (Å²) < 4.78 is 18.2. The van der Waals surface area contributed by atoms with Gasteiger partial charge in [-0.15, -0.1) is 0 Å². The molecule has 0 amide bonds. The number of rotatable bonds is 2. The molecule has 0 unspecified atom stereocenters. The first-order chi connectivity index (χ1) is 8.04.